The highest BCUT2D eigenvalue weighted by Crippen LogP contribution is 2.15. The van der Waals surface area contributed by atoms with E-state index in [9.17, 15) is 9.59 Å². The molecule has 266 valence electrons. The number of rotatable bonds is 34. The lowest BCUT2D eigenvalue weighted by molar-refractivity contribution is 0.155. The van der Waals surface area contributed by atoms with Crippen LogP contribution < -0.4 is 0 Å². The van der Waals surface area contributed by atoms with Crippen LogP contribution >= 0.6 is 0 Å². The van der Waals surface area contributed by atoms with Gasteiger partial charge in [0.05, 0.1) is 24.6 Å². The van der Waals surface area contributed by atoms with E-state index in [4.69, 9.17) is 9.47 Å². The molecule has 2 amide bonds. The molecule has 0 aromatic rings. The van der Waals surface area contributed by atoms with Crippen LogP contribution in [0.5, 0.6) is 0 Å². The molecule has 7 heteroatoms. The molecule has 0 N–H and O–H groups in total. The first-order chi connectivity index (χ1) is 22.2. The van der Waals surface area contributed by atoms with Crippen LogP contribution in [0.25, 0.3) is 0 Å². The molecule has 0 radical (unpaired) electrons. The van der Waals surface area contributed by atoms with Crippen LogP contribution in [0.4, 0.5) is 9.59 Å². The van der Waals surface area contributed by atoms with E-state index in [1.54, 1.807) is 0 Å². The maximum absolute atomic E-state index is 11.7. The molecule has 0 heterocycles. The summed E-state index contributed by atoms with van der Waals surface area (Å²) in [6.45, 7) is 5.28. The van der Waals surface area contributed by atoms with Gasteiger partial charge in [-0.05, 0) is 12.8 Å². The molecule has 0 bridgehead atoms. The molecule has 0 aromatic carbocycles. The number of carbonyl (C=O) groups excluding carboxylic acids is 2. The predicted octanol–water partition coefficient (Wildman–Crippen LogP) is 14.2. The molecule has 0 aliphatic carbocycles. The highest BCUT2D eigenvalue weighted by atomic mass is 32.1. The van der Waals surface area contributed by atoms with E-state index < -0.39 is 12.2 Å². The van der Waals surface area contributed by atoms with Crippen molar-refractivity contribution in [3.8, 4) is 0 Å². The predicted molar refractivity (Wildman–Crippen MR) is 194 cm³/mol. The summed E-state index contributed by atoms with van der Waals surface area (Å²) in [6.07, 6.45) is 40.6. The van der Waals surface area contributed by atoms with Crippen LogP contribution in [0.3, 0.4) is 0 Å². The number of hydrogen-bond donors (Lipinski definition) is 0. The van der Waals surface area contributed by atoms with Crippen LogP contribution in [0.15, 0.2) is 8.73 Å². The van der Waals surface area contributed by atoms with Gasteiger partial charge in [0.1, 0.15) is 0 Å². The molecule has 0 aliphatic rings. The molecule has 0 spiro atoms. The van der Waals surface area contributed by atoms with Crippen LogP contribution in [-0.2, 0) is 20.8 Å². The number of hydrogen-bond acceptors (Lipinski definition) is 4. The van der Waals surface area contributed by atoms with Gasteiger partial charge in [0.15, 0.2) is 0 Å². The molecular formula is C38H74N2O4S. The second-order valence-corrected chi connectivity index (χ2v) is 13.6. The van der Waals surface area contributed by atoms with E-state index in [1.165, 1.54) is 180 Å². The largest absolute Gasteiger partial charge is 0.447 e. The minimum Gasteiger partial charge on any atom is -0.447 e. The fourth-order valence-corrected chi connectivity index (χ4v) is 6.04. The van der Waals surface area contributed by atoms with Gasteiger partial charge in [0, 0.05) is 0 Å². The first-order valence-electron chi connectivity index (χ1n) is 19.6. The minimum absolute atomic E-state index is 0.366. The van der Waals surface area contributed by atoms with Gasteiger partial charge >= 0.3 is 12.2 Å². The third kappa shape index (κ3) is 38.9. The third-order valence-corrected chi connectivity index (χ3v) is 9.14. The van der Waals surface area contributed by atoms with E-state index >= 15 is 0 Å². The average Bonchev–Trinajstić information content (AvgIpc) is 3.04. The van der Waals surface area contributed by atoms with E-state index in [-0.39, 0.29) is 0 Å². The van der Waals surface area contributed by atoms with Gasteiger partial charge in [0.25, 0.3) is 0 Å². The van der Waals surface area contributed by atoms with Crippen LogP contribution in [0.2, 0.25) is 0 Å². The fraction of sp³-hybridized carbons (Fsp3) is 0.947. The van der Waals surface area contributed by atoms with Crippen LogP contribution in [0, 0.1) is 0 Å². The highest BCUT2D eigenvalue weighted by molar-refractivity contribution is 7.58. The number of nitrogens with zero attached hydrogens (tertiary/aromatic N) is 2. The Hall–Kier alpha value is -1.24. The third-order valence-electron chi connectivity index (χ3n) is 8.68. The second-order valence-electron chi connectivity index (χ2n) is 13.1. The summed E-state index contributed by atoms with van der Waals surface area (Å²) in [7, 11) is 0. The van der Waals surface area contributed by atoms with Crippen LogP contribution in [-0.4, -0.2) is 25.4 Å². The zero-order valence-electron chi connectivity index (χ0n) is 30.0. The maximum atomic E-state index is 11.7. The lowest BCUT2D eigenvalue weighted by Gasteiger charge is -2.04. The molecule has 0 aliphatic heterocycles. The standard InChI is InChI=1S/C38H74N2O4S/c1-3-5-7-9-11-13-15-17-19-21-23-25-27-29-31-33-35-43-37(41)39-45-40-38(42)44-36-34-32-30-28-26-24-22-20-18-16-14-12-10-8-6-4-2/h3-36H2,1-2H3. The summed E-state index contributed by atoms with van der Waals surface area (Å²) in [5.74, 6) is 0. The van der Waals surface area contributed by atoms with Crippen molar-refractivity contribution in [1.82, 2.24) is 0 Å². The fourth-order valence-electron chi connectivity index (χ4n) is 5.76. The average molecular weight is 655 g/mol. The van der Waals surface area contributed by atoms with Crippen LogP contribution in [0.1, 0.15) is 219 Å². The number of unbranched alkanes of at least 4 members (excludes halogenated alkanes) is 30. The molecule has 0 fully saturated rings. The topological polar surface area (TPSA) is 77.3 Å². The maximum Gasteiger partial charge on any atom is 0.445 e. The van der Waals surface area contributed by atoms with Gasteiger partial charge in [-0.2, -0.15) is 0 Å². The lowest BCUT2D eigenvalue weighted by atomic mass is 10.0. The Morgan fingerprint density at radius 2 is 0.556 bits per heavy atom. The number of amides is 2. The summed E-state index contributed by atoms with van der Waals surface area (Å²) >= 11 is 0.549. The molecule has 0 unspecified atom stereocenters. The van der Waals surface area contributed by atoms with Gasteiger partial charge in [-0.25, -0.2) is 9.59 Å². The van der Waals surface area contributed by atoms with E-state index in [2.05, 4.69) is 22.6 Å². The summed E-state index contributed by atoms with van der Waals surface area (Å²) in [6, 6.07) is 0. The summed E-state index contributed by atoms with van der Waals surface area (Å²) in [5, 5.41) is 0. The molecule has 6 nitrogen and oxygen atoms in total. The molecule has 0 saturated heterocycles. The Labute approximate surface area is 283 Å². The van der Waals surface area contributed by atoms with Gasteiger partial charge in [0.2, 0.25) is 0 Å². The first-order valence-corrected chi connectivity index (χ1v) is 20.4. The van der Waals surface area contributed by atoms with E-state index in [0.717, 1.165) is 25.7 Å². The number of carbonyl (C=O) groups is 2. The van der Waals surface area contributed by atoms with Crippen molar-refractivity contribution in [2.75, 3.05) is 13.2 Å². The monoisotopic (exact) mass is 655 g/mol. The van der Waals surface area contributed by atoms with Crippen molar-refractivity contribution in [3.63, 3.8) is 0 Å². The Bertz CT molecular complexity index is 643. The van der Waals surface area contributed by atoms with Crippen molar-refractivity contribution in [2.45, 2.75) is 219 Å². The van der Waals surface area contributed by atoms with Crippen molar-refractivity contribution < 1.29 is 19.1 Å². The van der Waals surface area contributed by atoms with Crippen molar-refractivity contribution >= 4 is 23.5 Å². The van der Waals surface area contributed by atoms with Crippen molar-refractivity contribution in [3.05, 3.63) is 0 Å². The Kier molecular flexibility index (Phi) is 37.9. The van der Waals surface area contributed by atoms with Gasteiger partial charge < -0.3 is 9.47 Å². The van der Waals surface area contributed by atoms with Gasteiger partial charge in [-0.3, -0.25) is 0 Å². The van der Waals surface area contributed by atoms with Gasteiger partial charge in [-0.1, -0.05) is 215 Å². The lowest BCUT2D eigenvalue weighted by Crippen LogP contribution is -2.01. The number of ether oxygens (including phenoxy) is 2. The Morgan fingerprint density at radius 1 is 0.356 bits per heavy atom. The highest BCUT2D eigenvalue weighted by Gasteiger charge is 2.01. The molecule has 0 atom stereocenters. The zero-order valence-corrected chi connectivity index (χ0v) is 30.8. The summed E-state index contributed by atoms with van der Waals surface area (Å²) in [5.41, 5.74) is 0. The molecule has 0 aromatic heterocycles. The minimum atomic E-state index is -0.685. The smallest absolute Gasteiger partial charge is 0.445 e. The molecular weight excluding hydrogens is 580 g/mol. The normalized spacial score (nSPS) is 11.0. The molecule has 0 saturated carbocycles. The van der Waals surface area contributed by atoms with E-state index in [1.807, 2.05) is 0 Å². The summed E-state index contributed by atoms with van der Waals surface area (Å²) < 4.78 is 17.4. The first kappa shape index (κ1) is 43.8. The summed E-state index contributed by atoms with van der Waals surface area (Å²) in [4.78, 5) is 23.4. The molecule has 0 rings (SSSR count). The quantitative estimate of drug-likeness (QED) is 0.0647. The van der Waals surface area contributed by atoms with Crippen molar-refractivity contribution in [2.24, 2.45) is 8.73 Å². The Balaban J connectivity index is 3.39. The van der Waals surface area contributed by atoms with E-state index in [0.29, 0.717) is 24.6 Å². The Morgan fingerprint density at radius 3 is 0.778 bits per heavy atom. The zero-order chi connectivity index (χ0) is 32.7. The van der Waals surface area contributed by atoms with Gasteiger partial charge in [-0.15, -0.1) is 0 Å². The second kappa shape index (κ2) is 38.9. The van der Waals surface area contributed by atoms with Crippen molar-refractivity contribution in [1.29, 1.82) is 0 Å². The SMILES string of the molecule is CCCCCCCCCCCCCCCCCCOC(=O)N=S=NC(=O)OCCCCCCCCCCCCCCCCCC. The molecule has 45 heavy (non-hydrogen) atoms.